The van der Waals surface area contributed by atoms with Gasteiger partial charge in [0.2, 0.25) is 5.91 Å². The Morgan fingerprint density at radius 2 is 1.78 bits per heavy atom. The maximum absolute atomic E-state index is 13.1. The molecule has 0 bridgehead atoms. The van der Waals surface area contributed by atoms with Crippen molar-refractivity contribution in [3.63, 3.8) is 0 Å². The number of carbonyl (C=O) groups is 2. The smallest absolute Gasteiger partial charge is 0.254 e. The molecule has 8 nitrogen and oxygen atoms in total. The molecular formula is C31H32ClN5O3S. The maximum atomic E-state index is 13.1. The summed E-state index contributed by atoms with van der Waals surface area (Å²) in [7, 11) is 1.58. The van der Waals surface area contributed by atoms with E-state index in [9.17, 15) is 9.59 Å². The number of aromatic nitrogens is 3. The van der Waals surface area contributed by atoms with E-state index in [4.69, 9.17) is 16.3 Å². The van der Waals surface area contributed by atoms with Crippen molar-refractivity contribution in [3.05, 3.63) is 89.4 Å². The molecule has 0 N–H and O–H groups in total. The molecule has 5 rings (SSSR count). The van der Waals surface area contributed by atoms with Crippen molar-refractivity contribution in [3.8, 4) is 22.8 Å². The molecule has 1 unspecified atom stereocenters. The Bertz CT molecular complexity index is 1510. The van der Waals surface area contributed by atoms with Crippen LogP contribution in [0.4, 0.5) is 0 Å². The standard InChI is InChI=1S/C31H32ClN5O3S/c1-22-21-35(17-18-36(22)30(39)23-10-8-13-25(20-23)40-2)28(38)16-9-19-41-31-34-33-29(26-14-6-7-15-27(26)32)37(31)24-11-4-3-5-12-24/h3-8,10-15,20,22H,9,16-19,21H2,1-2H3. The Labute approximate surface area is 249 Å². The minimum atomic E-state index is -0.0755. The summed E-state index contributed by atoms with van der Waals surface area (Å²) < 4.78 is 7.27. The second-order valence-electron chi connectivity index (χ2n) is 9.83. The van der Waals surface area contributed by atoms with E-state index in [0.717, 1.165) is 16.4 Å². The number of hydrogen-bond donors (Lipinski definition) is 0. The highest BCUT2D eigenvalue weighted by molar-refractivity contribution is 7.99. The minimum Gasteiger partial charge on any atom is -0.497 e. The third-order valence-corrected chi connectivity index (χ3v) is 8.43. The summed E-state index contributed by atoms with van der Waals surface area (Å²) in [4.78, 5) is 29.8. The zero-order valence-electron chi connectivity index (χ0n) is 23.1. The topological polar surface area (TPSA) is 80.6 Å². The number of benzene rings is 3. The molecule has 1 aliphatic heterocycles. The van der Waals surface area contributed by atoms with Crippen molar-refractivity contribution < 1.29 is 14.3 Å². The molecule has 2 amide bonds. The Morgan fingerprint density at radius 1 is 1.00 bits per heavy atom. The fraction of sp³-hybridized carbons (Fsp3) is 0.290. The Kier molecular flexibility index (Phi) is 9.26. The Balaban J connectivity index is 1.17. The molecule has 212 valence electrons. The van der Waals surface area contributed by atoms with Crippen LogP contribution in [0, 0.1) is 0 Å². The van der Waals surface area contributed by atoms with E-state index in [1.165, 1.54) is 0 Å². The number of nitrogens with zero attached hydrogens (tertiary/aromatic N) is 5. The van der Waals surface area contributed by atoms with Crippen molar-refractivity contribution in [2.75, 3.05) is 32.5 Å². The lowest BCUT2D eigenvalue weighted by Crippen LogP contribution is -2.55. The Morgan fingerprint density at radius 3 is 2.54 bits per heavy atom. The Hall–Kier alpha value is -3.82. The van der Waals surface area contributed by atoms with Gasteiger partial charge in [0, 0.05) is 54.7 Å². The van der Waals surface area contributed by atoms with Crippen LogP contribution < -0.4 is 4.74 Å². The van der Waals surface area contributed by atoms with Crippen LogP contribution in [0.25, 0.3) is 17.1 Å². The van der Waals surface area contributed by atoms with Gasteiger partial charge in [0.1, 0.15) is 5.75 Å². The fourth-order valence-corrected chi connectivity index (χ4v) is 6.05. The lowest BCUT2D eigenvalue weighted by atomic mass is 10.1. The van der Waals surface area contributed by atoms with Crippen LogP contribution in [0.15, 0.2) is 84.0 Å². The summed E-state index contributed by atoms with van der Waals surface area (Å²) in [6, 6.07) is 24.6. The number of halogens is 1. The number of ether oxygens (including phenoxy) is 1. The summed E-state index contributed by atoms with van der Waals surface area (Å²) in [5.41, 5.74) is 2.35. The molecule has 1 aliphatic rings. The van der Waals surface area contributed by atoms with Gasteiger partial charge in [0.25, 0.3) is 5.91 Å². The molecule has 0 saturated carbocycles. The van der Waals surface area contributed by atoms with Gasteiger partial charge in [-0.1, -0.05) is 59.8 Å². The van der Waals surface area contributed by atoms with Gasteiger partial charge in [-0.2, -0.15) is 0 Å². The van der Waals surface area contributed by atoms with Crippen molar-refractivity contribution in [1.82, 2.24) is 24.6 Å². The fourth-order valence-electron chi connectivity index (χ4n) is 4.94. The number of carbonyl (C=O) groups excluding carboxylic acids is 2. The van der Waals surface area contributed by atoms with Crippen LogP contribution in [0.5, 0.6) is 5.75 Å². The highest BCUT2D eigenvalue weighted by Gasteiger charge is 2.30. The lowest BCUT2D eigenvalue weighted by Gasteiger charge is -2.40. The van der Waals surface area contributed by atoms with Crippen molar-refractivity contribution >= 4 is 35.2 Å². The maximum Gasteiger partial charge on any atom is 0.254 e. The van der Waals surface area contributed by atoms with Crippen molar-refractivity contribution in [2.24, 2.45) is 0 Å². The first-order valence-corrected chi connectivity index (χ1v) is 14.9. The second-order valence-corrected chi connectivity index (χ2v) is 11.3. The van der Waals surface area contributed by atoms with Crippen LogP contribution in [0.2, 0.25) is 5.02 Å². The van der Waals surface area contributed by atoms with E-state index in [2.05, 4.69) is 10.2 Å². The molecule has 4 aromatic rings. The molecule has 2 heterocycles. The van der Waals surface area contributed by atoms with E-state index < -0.39 is 0 Å². The van der Waals surface area contributed by atoms with E-state index >= 15 is 0 Å². The SMILES string of the molecule is COc1cccc(C(=O)N2CCN(C(=O)CCCSc3nnc(-c4ccccc4Cl)n3-c3ccccc3)CC2C)c1. The molecule has 41 heavy (non-hydrogen) atoms. The van der Waals surface area contributed by atoms with E-state index in [1.54, 1.807) is 31.0 Å². The number of methoxy groups -OCH3 is 1. The molecule has 1 aromatic heterocycles. The van der Waals surface area contributed by atoms with E-state index in [0.29, 0.717) is 60.4 Å². The van der Waals surface area contributed by atoms with Crippen LogP contribution in [0.1, 0.15) is 30.1 Å². The molecule has 1 atom stereocenters. The van der Waals surface area contributed by atoms with E-state index in [-0.39, 0.29) is 17.9 Å². The zero-order valence-corrected chi connectivity index (χ0v) is 24.6. The minimum absolute atomic E-state index is 0.0430. The molecule has 0 aliphatic carbocycles. The van der Waals surface area contributed by atoms with Gasteiger partial charge in [-0.25, -0.2) is 0 Å². The predicted molar refractivity (Wildman–Crippen MR) is 162 cm³/mol. The number of piperazine rings is 1. The van der Waals surface area contributed by atoms with Crippen LogP contribution in [0.3, 0.4) is 0 Å². The summed E-state index contributed by atoms with van der Waals surface area (Å²) in [6.45, 7) is 3.53. The molecule has 1 fully saturated rings. The molecule has 0 spiro atoms. The number of hydrogen-bond acceptors (Lipinski definition) is 6. The first-order valence-electron chi connectivity index (χ1n) is 13.6. The molecular weight excluding hydrogens is 558 g/mol. The van der Waals surface area contributed by atoms with Gasteiger partial charge in [-0.3, -0.25) is 14.2 Å². The van der Waals surface area contributed by atoms with Crippen LogP contribution in [-0.4, -0.2) is 74.9 Å². The van der Waals surface area contributed by atoms with Gasteiger partial charge in [0.05, 0.1) is 12.1 Å². The first-order chi connectivity index (χ1) is 20.0. The number of para-hydroxylation sites is 1. The zero-order chi connectivity index (χ0) is 28.8. The van der Waals surface area contributed by atoms with Gasteiger partial charge in [0.15, 0.2) is 11.0 Å². The molecule has 3 aromatic carbocycles. The van der Waals surface area contributed by atoms with Crippen molar-refractivity contribution in [2.45, 2.75) is 31.0 Å². The average Bonchev–Trinajstić information content (AvgIpc) is 3.43. The number of amides is 2. The van der Waals surface area contributed by atoms with Crippen LogP contribution in [-0.2, 0) is 4.79 Å². The summed E-state index contributed by atoms with van der Waals surface area (Å²) in [5.74, 6) is 2.10. The predicted octanol–water partition coefficient (Wildman–Crippen LogP) is 5.84. The largest absolute Gasteiger partial charge is 0.497 e. The van der Waals surface area contributed by atoms with E-state index in [1.807, 2.05) is 88.0 Å². The highest BCUT2D eigenvalue weighted by atomic mass is 35.5. The third-order valence-electron chi connectivity index (χ3n) is 7.09. The summed E-state index contributed by atoms with van der Waals surface area (Å²) in [5, 5.41) is 10.3. The van der Waals surface area contributed by atoms with Gasteiger partial charge >= 0.3 is 0 Å². The lowest BCUT2D eigenvalue weighted by molar-refractivity contribution is -0.133. The quantitative estimate of drug-likeness (QED) is 0.180. The average molecular weight is 590 g/mol. The van der Waals surface area contributed by atoms with Gasteiger partial charge in [-0.05, 0) is 55.8 Å². The van der Waals surface area contributed by atoms with Gasteiger partial charge in [-0.15, -0.1) is 10.2 Å². The summed E-state index contributed by atoms with van der Waals surface area (Å²) >= 11 is 8.06. The van der Waals surface area contributed by atoms with Crippen LogP contribution >= 0.6 is 23.4 Å². The molecule has 1 saturated heterocycles. The summed E-state index contributed by atoms with van der Waals surface area (Å²) in [6.07, 6.45) is 1.13. The first kappa shape index (κ1) is 28.7. The van der Waals surface area contributed by atoms with Crippen molar-refractivity contribution in [1.29, 1.82) is 0 Å². The number of thioether (sulfide) groups is 1. The molecule has 0 radical (unpaired) electrons. The monoisotopic (exact) mass is 589 g/mol. The third kappa shape index (κ3) is 6.57. The normalized spacial score (nSPS) is 15.1. The highest BCUT2D eigenvalue weighted by Crippen LogP contribution is 2.32. The van der Waals surface area contributed by atoms with Gasteiger partial charge < -0.3 is 14.5 Å². The second kappa shape index (κ2) is 13.2. The number of rotatable bonds is 9. The molecule has 10 heteroatoms.